The van der Waals surface area contributed by atoms with Crippen LogP contribution in [0.4, 0.5) is 0 Å². The summed E-state index contributed by atoms with van der Waals surface area (Å²) in [4.78, 5) is 21.7. The Kier molecular flexibility index (Phi) is 4.63. The average molecular weight is 325 g/mol. The van der Waals surface area contributed by atoms with Crippen molar-refractivity contribution < 1.29 is 9.53 Å². The Hall–Kier alpha value is -2.73. The van der Waals surface area contributed by atoms with Gasteiger partial charge in [0, 0.05) is 35.6 Å². The monoisotopic (exact) mass is 325 g/mol. The molecule has 0 saturated carbocycles. The molecule has 23 heavy (non-hydrogen) atoms. The number of aromatic nitrogens is 2. The lowest BCUT2D eigenvalue weighted by Crippen LogP contribution is -2.23. The van der Waals surface area contributed by atoms with E-state index >= 15 is 0 Å². The van der Waals surface area contributed by atoms with E-state index in [1.165, 1.54) is 7.11 Å². The summed E-state index contributed by atoms with van der Waals surface area (Å²) < 4.78 is 5.10. The maximum absolute atomic E-state index is 12.3. The highest BCUT2D eigenvalue weighted by molar-refractivity contribution is 7.13. The van der Waals surface area contributed by atoms with Gasteiger partial charge in [-0.05, 0) is 35.2 Å². The minimum atomic E-state index is -0.225. The van der Waals surface area contributed by atoms with Crippen LogP contribution in [0.5, 0.6) is 5.88 Å². The van der Waals surface area contributed by atoms with Crippen molar-refractivity contribution >= 4 is 17.2 Å². The molecule has 0 fully saturated rings. The first-order chi connectivity index (χ1) is 11.3. The summed E-state index contributed by atoms with van der Waals surface area (Å²) in [7, 11) is 1.49. The zero-order valence-corrected chi connectivity index (χ0v) is 13.3. The number of thiophene rings is 1. The van der Waals surface area contributed by atoms with Crippen molar-refractivity contribution in [3.8, 4) is 16.3 Å². The normalized spacial score (nSPS) is 10.3. The Bertz CT molecular complexity index is 803. The Labute approximate surface area is 138 Å². The van der Waals surface area contributed by atoms with Crippen LogP contribution in [-0.4, -0.2) is 23.0 Å². The van der Waals surface area contributed by atoms with E-state index in [1.807, 2.05) is 29.8 Å². The van der Waals surface area contributed by atoms with Gasteiger partial charge < -0.3 is 10.1 Å². The van der Waals surface area contributed by atoms with Gasteiger partial charge in [0.15, 0.2) is 0 Å². The zero-order chi connectivity index (χ0) is 16.1. The first-order valence-electron chi connectivity index (χ1n) is 7.03. The summed E-state index contributed by atoms with van der Waals surface area (Å²) in [5, 5.41) is 4.89. The number of ether oxygens (including phenoxy) is 1. The summed E-state index contributed by atoms with van der Waals surface area (Å²) in [6.45, 7) is 0.392. The fraction of sp³-hybridized carbons (Fsp3) is 0.118. The van der Waals surface area contributed by atoms with Gasteiger partial charge in [-0.15, -0.1) is 11.3 Å². The Morgan fingerprint density at radius 3 is 3.00 bits per heavy atom. The van der Waals surface area contributed by atoms with Crippen LogP contribution >= 0.6 is 11.3 Å². The number of carbonyl (C=O) groups excluding carboxylic acids is 1. The number of rotatable bonds is 5. The maximum atomic E-state index is 12.3. The first-order valence-corrected chi connectivity index (χ1v) is 7.91. The topological polar surface area (TPSA) is 64.1 Å². The van der Waals surface area contributed by atoms with Crippen molar-refractivity contribution in [3.05, 3.63) is 65.4 Å². The van der Waals surface area contributed by atoms with Crippen molar-refractivity contribution in [1.82, 2.24) is 15.3 Å². The van der Waals surface area contributed by atoms with Crippen LogP contribution in [-0.2, 0) is 6.54 Å². The Morgan fingerprint density at radius 1 is 1.30 bits per heavy atom. The number of pyridine rings is 2. The number of hydrogen-bond donors (Lipinski definition) is 1. The molecule has 0 aromatic carbocycles. The number of hydrogen-bond acceptors (Lipinski definition) is 5. The second-order valence-corrected chi connectivity index (χ2v) is 5.75. The van der Waals surface area contributed by atoms with Gasteiger partial charge in [0.2, 0.25) is 5.88 Å². The molecule has 0 radical (unpaired) electrons. The van der Waals surface area contributed by atoms with E-state index < -0.39 is 0 Å². The van der Waals surface area contributed by atoms with Gasteiger partial charge in [0.05, 0.1) is 7.11 Å². The smallest absolute Gasteiger partial charge is 0.257 e. The molecule has 3 aromatic heterocycles. The van der Waals surface area contributed by atoms with Gasteiger partial charge in [-0.25, -0.2) is 4.98 Å². The predicted octanol–water partition coefficient (Wildman–Crippen LogP) is 3.14. The number of nitrogens with zero attached hydrogens (tertiary/aromatic N) is 2. The lowest BCUT2D eigenvalue weighted by molar-refractivity contribution is 0.0947. The molecule has 0 unspecified atom stereocenters. The largest absolute Gasteiger partial charge is 0.480 e. The standard InChI is InChI=1S/C17H15N3O2S/c1-22-17-14(4-2-6-19-17)16(21)20-10-12-8-13(11-18-9-12)15-5-3-7-23-15/h2-9,11H,10H2,1H3,(H,20,21). The van der Waals surface area contributed by atoms with Crippen LogP contribution in [0, 0.1) is 0 Å². The van der Waals surface area contributed by atoms with E-state index in [4.69, 9.17) is 4.74 Å². The van der Waals surface area contributed by atoms with Gasteiger partial charge in [-0.2, -0.15) is 0 Å². The molecule has 1 N–H and O–H groups in total. The summed E-state index contributed by atoms with van der Waals surface area (Å²) in [6, 6.07) is 9.46. The summed E-state index contributed by atoms with van der Waals surface area (Å²) in [5.74, 6) is 0.0898. The minimum absolute atomic E-state index is 0.225. The SMILES string of the molecule is COc1ncccc1C(=O)NCc1cncc(-c2cccs2)c1. The van der Waals surface area contributed by atoms with Crippen LogP contribution in [0.2, 0.25) is 0 Å². The van der Waals surface area contributed by atoms with Crippen LogP contribution < -0.4 is 10.1 Å². The van der Waals surface area contributed by atoms with Gasteiger partial charge >= 0.3 is 0 Å². The number of methoxy groups -OCH3 is 1. The molecule has 6 heteroatoms. The van der Waals surface area contributed by atoms with Crippen LogP contribution in [0.3, 0.4) is 0 Å². The summed E-state index contributed by atoms with van der Waals surface area (Å²) >= 11 is 1.66. The molecule has 0 atom stereocenters. The van der Waals surface area contributed by atoms with Gasteiger partial charge in [-0.3, -0.25) is 9.78 Å². The van der Waals surface area contributed by atoms with Crippen molar-refractivity contribution in [2.75, 3.05) is 7.11 Å². The summed E-state index contributed by atoms with van der Waals surface area (Å²) in [6.07, 6.45) is 5.16. The predicted molar refractivity (Wildman–Crippen MR) is 89.5 cm³/mol. The van der Waals surface area contributed by atoms with Gasteiger partial charge in [0.1, 0.15) is 5.56 Å². The molecule has 116 valence electrons. The maximum Gasteiger partial charge on any atom is 0.257 e. The van der Waals surface area contributed by atoms with Crippen LogP contribution in [0.25, 0.3) is 10.4 Å². The highest BCUT2D eigenvalue weighted by Gasteiger charge is 2.12. The van der Waals surface area contributed by atoms with Crippen LogP contribution in [0.1, 0.15) is 15.9 Å². The summed E-state index contributed by atoms with van der Waals surface area (Å²) in [5.41, 5.74) is 2.40. The van der Waals surface area contributed by atoms with Crippen molar-refractivity contribution in [3.63, 3.8) is 0 Å². The van der Waals surface area contributed by atoms with E-state index in [-0.39, 0.29) is 5.91 Å². The Morgan fingerprint density at radius 2 is 2.22 bits per heavy atom. The Balaban J connectivity index is 1.71. The molecule has 0 aliphatic carbocycles. The first kappa shape index (κ1) is 15.2. The third-order valence-corrected chi connectivity index (χ3v) is 4.18. The lowest BCUT2D eigenvalue weighted by atomic mass is 10.1. The van der Waals surface area contributed by atoms with E-state index in [1.54, 1.807) is 35.9 Å². The molecule has 0 bridgehead atoms. The molecule has 0 aliphatic rings. The quantitative estimate of drug-likeness (QED) is 0.783. The highest BCUT2D eigenvalue weighted by Crippen LogP contribution is 2.24. The molecule has 1 amide bonds. The molecule has 3 rings (SSSR count). The third-order valence-electron chi connectivity index (χ3n) is 3.26. The third kappa shape index (κ3) is 3.54. The number of amides is 1. The highest BCUT2D eigenvalue weighted by atomic mass is 32.1. The molecule has 0 aliphatic heterocycles. The molecular weight excluding hydrogens is 310 g/mol. The minimum Gasteiger partial charge on any atom is -0.480 e. The zero-order valence-electron chi connectivity index (χ0n) is 12.5. The van der Waals surface area contributed by atoms with E-state index in [0.717, 1.165) is 16.0 Å². The fourth-order valence-corrected chi connectivity index (χ4v) is 2.87. The van der Waals surface area contributed by atoms with Gasteiger partial charge in [-0.1, -0.05) is 6.07 Å². The fourth-order valence-electron chi connectivity index (χ4n) is 2.17. The van der Waals surface area contributed by atoms with Crippen LogP contribution in [0.15, 0.2) is 54.3 Å². The molecule has 5 nitrogen and oxygen atoms in total. The number of nitrogens with one attached hydrogen (secondary N) is 1. The molecule has 3 heterocycles. The molecule has 0 saturated heterocycles. The average Bonchev–Trinajstić information content (AvgIpc) is 3.14. The van der Waals surface area contributed by atoms with Crippen molar-refractivity contribution in [2.45, 2.75) is 6.54 Å². The van der Waals surface area contributed by atoms with Crippen molar-refractivity contribution in [1.29, 1.82) is 0 Å². The van der Waals surface area contributed by atoms with Crippen molar-refractivity contribution in [2.24, 2.45) is 0 Å². The van der Waals surface area contributed by atoms with Gasteiger partial charge in [0.25, 0.3) is 5.91 Å². The van der Waals surface area contributed by atoms with E-state index in [2.05, 4.69) is 15.3 Å². The van der Waals surface area contributed by atoms with E-state index in [0.29, 0.717) is 18.0 Å². The second kappa shape index (κ2) is 7.02. The molecular formula is C17H15N3O2S. The second-order valence-electron chi connectivity index (χ2n) is 4.80. The molecule has 3 aromatic rings. The van der Waals surface area contributed by atoms with E-state index in [9.17, 15) is 4.79 Å². The lowest BCUT2D eigenvalue weighted by Gasteiger charge is -2.08. The number of carbonyl (C=O) groups is 1. The molecule has 0 spiro atoms.